The van der Waals surface area contributed by atoms with Crippen molar-refractivity contribution in [1.82, 2.24) is 39.7 Å². The summed E-state index contributed by atoms with van der Waals surface area (Å²) in [6.07, 6.45) is -5.28. The van der Waals surface area contributed by atoms with Gasteiger partial charge in [-0.25, -0.2) is 18.6 Å². The molecule has 0 spiro atoms. The van der Waals surface area contributed by atoms with Crippen molar-refractivity contribution in [2.45, 2.75) is 69.3 Å². The Kier molecular flexibility index (Phi) is 10.8. The van der Waals surface area contributed by atoms with Crippen LogP contribution in [-0.2, 0) is 36.9 Å². The maximum Gasteiger partial charge on any atom is 0.435 e. The van der Waals surface area contributed by atoms with Crippen LogP contribution in [0.4, 0.5) is 41.3 Å². The highest BCUT2D eigenvalue weighted by Gasteiger charge is 2.63. The van der Waals surface area contributed by atoms with Gasteiger partial charge in [-0.3, -0.25) is 19.5 Å². The lowest BCUT2D eigenvalue weighted by Gasteiger charge is -2.34. The number of alkyl halides is 5. The monoisotopic (exact) mass is 865 g/mol. The van der Waals surface area contributed by atoms with Gasteiger partial charge in [-0.2, -0.15) is 32.1 Å². The minimum atomic E-state index is -5.07. The first-order valence-electron chi connectivity index (χ1n) is 20.0. The van der Waals surface area contributed by atoms with E-state index in [9.17, 15) is 36.6 Å². The summed E-state index contributed by atoms with van der Waals surface area (Å²) < 4.78 is 105. The number of nitrogens with one attached hydrogen (secondary N) is 2. The van der Waals surface area contributed by atoms with Gasteiger partial charge in [-0.15, -0.1) is 0 Å². The number of pyridine rings is 1. The van der Waals surface area contributed by atoms with Gasteiger partial charge in [0.05, 0.1) is 17.3 Å². The molecule has 326 valence electrons. The average Bonchev–Trinajstić information content (AvgIpc) is 3.74. The van der Waals surface area contributed by atoms with Gasteiger partial charge < -0.3 is 20.2 Å². The van der Waals surface area contributed by atoms with Crippen LogP contribution in [0.3, 0.4) is 0 Å². The van der Waals surface area contributed by atoms with Gasteiger partial charge in [-0.1, -0.05) is 18.1 Å². The van der Waals surface area contributed by atoms with E-state index in [1.165, 1.54) is 18.5 Å². The molecule has 1 saturated heterocycles. The molecule has 1 saturated carbocycles. The number of urea groups is 1. The quantitative estimate of drug-likeness (QED) is 0.117. The number of aliphatic hydroxyl groups is 1. The molecule has 1 aliphatic heterocycles. The Morgan fingerprint density at radius 1 is 0.968 bits per heavy atom. The smallest absolute Gasteiger partial charge is 0.378 e. The predicted octanol–water partition coefficient (Wildman–Crippen LogP) is 6.73. The molecule has 1 unspecified atom stereocenters. The van der Waals surface area contributed by atoms with Crippen molar-refractivity contribution in [3.05, 3.63) is 94.1 Å². The topological polar surface area (TPSA) is 133 Å². The standard InChI is InChI=1S/C43H42F7N9O3/c1-41(2,62)13-12-26-8-9-27(28-6-5-7-30-36(28)57(4)55-39(30)53-40(61)58-16-14-56(3)15-17-58)35(51-26)32(20-23-18-24(44)21-25(45)19-23)52-33(60)22-59-38-34(37(54-59)43(48,49)50)29-10-11-31(29)42(38,46)47/h5-9,18-19,21,29,31-32,62H,10-11,14-17,20,22H2,1-4H3,(H,52,60)(H,53,55,61)/t29-,31+,32?/m0/s1. The van der Waals surface area contributed by atoms with E-state index in [0.717, 1.165) is 12.1 Å². The zero-order valence-corrected chi connectivity index (χ0v) is 34.0. The maximum atomic E-state index is 15.7. The molecule has 3 aromatic heterocycles. The number of anilines is 1. The normalized spacial score (nSPS) is 19.0. The number of nitrogens with zero attached hydrogens (tertiary/aromatic N) is 7. The molecule has 3 atom stereocenters. The van der Waals surface area contributed by atoms with Crippen LogP contribution in [0.2, 0.25) is 0 Å². The number of carbonyl (C=O) groups excluding carboxylic acids is 2. The third-order valence-electron chi connectivity index (χ3n) is 11.6. The molecule has 62 heavy (non-hydrogen) atoms. The van der Waals surface area contributed by atoms with Crippen molar-refractivity contribution in [2.75, 3.05) is 38.5 Å². The van der Waals surface area contributed by atoms with Crippen LogP contribution in [0.15, 0.2) is 48.5 Å². The Balaban J connectivity index is 1.23. The van der Waals surface area contributed by atoms with Gasteiger partial charge in [0, 0.05) is 67.3 Å². The number of carbonyl (C=O) groups is 2. The fourth-order valence-corrected chi connectivity index (χ4v) is 8.61. The fraction of sp³-hybridized carbons (Fsp3) is 0.419. The van der Waals surface area contributed by atoms with Gasteiger partial charge in [0.1, 0.15) is 35.2 Å². The zero-order chi connectivity index (χ0) is 44.5. The Morgan fingerprint density at radius 2 is 1.68 bits per heavy atom. The van der Waals surface area contributed by atoms with E-state index in [1.54, 1.807) is 42.3 Å². The second-order valence-corrected chi connectivity index (χ2v) is 16.6. The third kappa shape index (κ3) is 8.20. The van der Waals surface area contributed by atoms with Crippen molar-refractivity contribution < 1.29 is 45.4 Å². The predicted molar refractivity (Wildman–Crippen MR) is 213 cm³/mol. The number of benzene rings is 2. The second kappa shape index (κ2) is 15.7. The molecule has 8 rings (SSSR count). The molecule has 3 N–H and O–H groups in total. The number of aromatic nitrogens is 5. The molecule has 12 nitrogen and oxygen atoms in total. The lowest BCUT2D eigenvalue weighted by atomic mass is 9.73. The van der Waals surface area contributed by atoms with Crippen molar-refractivity contribution >= 4 is 28.7 Å². The van der Waals surface area contributed by atoms with Crippen molar-refractivity contribution in [2.24, 2.45) is 13.0 Å². The molecule has 5 aromatic rings. The number of halogens is 7. The van der Waals surface area contributed by atoms with E-state index in [4.69, 9.17) is 4.98 Å². The Morgan fingerprint density at radius 3 is 2.32 bits per heavy atom. The van der Waals surface area contributed by atoms with Crippen molar-refractivity contribution in [1.29, 1.82) is 0 Å². The van der Waals surface area contributed by atoms with Gasteiger partial charge in [0.2, 0.25) is 5.91 Å². The van der Waals surface area contributed by atoms with E-state index in [2.05, 4.69) is 37.6 Å². The SMILES string of the molecule is CN1CCN(C(=O)Nc2nn(C)c3c(-c4ccc(C#CC(C)(C)O)nc4C(Cc4cc(F)cc(F)c4)NC(=O)Cn4nc(C(F)(F)F)c5c4C(F)(F)[C@@H]4CC[C@H]54)cccc23)CC1. The van der Waals surface area contributed by atoms with Gasteiger partial charge >= 0.3 is 12.2 Å². The van der Waals surface area contributed by atoms with Crippen molar-refractivity contribution in [3.8, 4) is 23.0 Å². The van der Waals surface area contributed by atoms with Crippen LogP contribution in [-0.4, -0.2) is 90.2 Å². The van der Waals surface area contributed by atoms with Crippen LogP contribution in [0.1, 0.15) is 72.6 Å². The number of amides is 3. The van der Waals surface area contributed by atoms with Crippen LogP contribution < -0.4 is 10.6 Å². The summed E-state index contributed by atoms with van der Waals surface area (Å²) in [5, 5.41) is 24.6. The number of rotatable bonds is 8. The molecule has 2 fully saturated rings. The summed E-state index contributed by atoms with van der Waals surface area (Å²) in [5.41, 5.74) is -2.97. The van der Waals surface area contributed by atoms with Gasteiger partial charge in [-0.05, 0) is 87.9 Å². The maximum absolute atomic E-state index is 15.7. The van der Waals surface area contributed by atoms with Crippen LogP contribution in [0.25, 0.3) is 22.0 Å². The van der Waals surface area contributed by atoms with E-state index in [1.807, 2.05) is 7.05 Å². The summed E-state index contributed by atoms with van der Waals surface area (Å²) in [7, 11) is 3.62. The molecule has 4 heterocycles. The lowest BCUT2D eigenvalue weighted by molar-refractivity contribution is -0.144. The minimum Gasteiger partial charge on any atom is -0.378 e. The zero-order valence-electron chi connectivity index (χ0n) is 34.0. The van der Waals surface area contributed by atoms with E-state index >= 15 is 8.78 Å². The molecule has 3 aliphatic rings. The average molecular weight is 866 g/mol. The molecule has 19 heteroatoms. The first-order chi connectivity index (χ1) is 29.2. The fourth-order valence-electron chi connectivity index (χ4n) is 8.61. The summed E-state index contributed by atoms with van der Waals surface area (Å²) in [5.74, 6) is -3.28. The summed E-state index contributed by atoms with van der Waals surface area (Å²) in [6.45, 7) is 4.25. The lowest BCUT2D eigenvalue weighted by Crippen LogP contribution is -2.48. The highest BCUT2D eigenvalue weighted by Crippen LogP contribution is 2.64. The number of hydrogen-bond acceptors (Lipinski definition) is 7. The van der Waals surface area contributed by atoms with Crippen LogP contribution in [0.5, 0.6) is 0 Å². The minimum absolute atomic E-state index is 0.0107. The highest BCUT2D eigenvalue weighted by atomic mass is 19.4. The molecule has 3 amide bonds. The number of likely N-dealkylation sites (N-methyl/N-ethyl adjacent to an activating group) is 1. The summed E-state index contributed by atoms with van der Waals surface area (Å²) in [4.78, 5) is 36.0. The third-order valence-corrected chi connectivity index (χ3v) is 11.6. The largest absolute Gasteiger partial charge is 0.435 e. The Labute approximate surface area is 351 Å². The first kappa shape index (κ1) is 42.7. The van der Waals surface area contributed by atoms with E-state index in [0.29, 0.717) is 59.0 Å². The molecule has 0 radical (unpaired) electrons. The number of hydrogen-bond donors (Lipinski definition) is 3. The molecule has 2 aromatic carbocycles. The van der Waals surface area contributed by atoms with Crippen LogP contribution >= 0.6 is 0 Å². The van der Waals surface area contributed by atoms with E-state index in [-0.39, 0.29) is 48.1 Å². The number of para-hydroxylation sites is 1. The van der Waals surface area contributed by atoms with Gasteiger partial charge in [0.25, 0.3) is 5.92 Å². The molecule has 2 aliphatic carbocycles. The summed E-state index contributed by atoms with van der Waals surface area (Å²) >= 11 is 0. The Hall–Kier alpha value is -6.00. The number of fused-ring (bicyclic) bond motifs is 4. The molecular weight excluding hydrogens is 824 g/mol. The highest BCUT2D eigenvalue weighted by molar-refractivity contribution is 6.04. The first-order valence-corrected chi connectivity index (χ1v) is 20.0. The second-order valence-electron chi connectivity index (χ2n) is 16.6. The van der Waals surface area contributed by atoms with Gasteiger partial charge in [0.15, 0.2) is 11.5 Å². The molecular formula is C43H42F7N9O3. The number of piperazine rings is 1. The Bertz CT molecular complexity index is 2630. The number of aryl methyl sites for hydroxylation is 1. The molecule has 0 bridgehead atoms. The van der Waals surface area contributed by atoms with Crippen molar-refractivity contribution in [3.63, 3.8) is 0 Å². The van der Waals surface area contributed by atoms with Crippen LogP contribution in [0, 0.1) is 29.4 Å². The van der Waals surface area contributed by atoms with E-state index < -0.39 is 76.6 Å². The summed E-state index contributed by atoms with van der Waals surface area (Å²) in [6, 6.07) is 9.39.